The quantitative estimate of drug-likeness (QED) is 0.788. The van der Waals surface area contributed by atoms with Gasteiger partial charge in [-0.25, -0.2) is 0 Å². The third kappa shape index (κ3) is 2.90. The third-order valence-corrected chi connectivity index (χ3v) is 5.12. The second-order valence-corrected chi connectivity index (χ2v) is 6.51. The summed E-state index contributed by atoms with van der Waals surface area (Å²) in [6.07, 6.45) is 2.02. The fourth-order valence-electron chi connectivity index (χ4n) is 2.04. The van der Waals surface area contributed by atoms with Crippen LogP contribution in [0.5, 0.6) is 0 Å². The maximum atomic E-state index is 11.5. The Morgan fingerprint density at radius 1 is 1.50 bits per heavy atom. The van der Waals surface area contributed by atoms with E-state index in [2.05, 4.69) is 21.2 Å². The summed E-state index contributed by atoms with van der Waals surface area (Å²) in [6, 6.07) is 7.95. The first-order chi connectivity index (χ1) is 8.58. The van der Waals surface area contributed by atoms with E-state index in [4.69, 9.17) is 0 Å². The number of hydrogen-bond acceptors (Lipinski definition) is 3. The summed E-state index contributed by atoms with van der Waals surface area (Å²) in [5.74, 6) is 0.0885. The normalized spacial score (nSPS) is 18.3. The average Bonchev–Trinajstić information content (AvgIpc) is 3.17. The number of rotatable bonds is 6. The van der Waals surface area contributed by atoms with E-state index in [0.29, 0.717) is 5.75 Å². The van der Waals surface area contributed by atoms with Crippen molar-refractivity contribution >= 4 is 33.7 Å². The Kier molecular flexibility index (Phi) is 4.35. The number of carboxylic acid groups (broad SMARTS) is 1. The van der Waals surface area contributed by atoms with Gasteiger partial charge in [-0.15, -0.1) is 11.8 Å². The second kappa shape index (κ2) is 5.63. The van der Waals surface area contributed by atoms with E-state index in [9.17, 15) is 9.90 Å². The van der Waals surface area contributed by atoms with Gasteiger partial charge in [-0.3, -0.25) is 4.79 Å². The molecule has 1 fully saturated rings. The first-order valence-corrected chi connectivity index (χ1v) is 7.67. The first-order valence-electron chi connectivity index (χ1n) is 5.89. The molecule has 2 rings (SSSR count). The molecule has 0 heterocycles. The monoisotopic (exact) mass is 329 g/mol. The summed E-state index contributed by atoms with van der Waals surface area (Å²) in [6.45, 7) is 0. The van der Waals surface area contributed by atoms with Crippen molar-refractivity contribution in [3.8, 4) is 0 Å². The van der Waals surface area contributed by atoms with Gasteiger partial charge in [0.2, 0.25) is 0 Å². The molecule has 0 aliphatic heterocycles. The van der Waals surface area contributed by atoms with Crippen molar-refractivity contribution in [3.63, 3.8) is 0 Å². The summed E-state index contributed by atoms with van der Waals surface area (Å²) in [5, 5.41) is 12.5. The van der Waals surface area contributed by atoms with Gasteiger partial charge in [0.15, 0.2) is 0 Å². The van der Waals surface area contributed by atoms with Crippen LogP contribution in [0.25, 0.3) is 0 Å². The topological polar surface area (TPSA) is 49.3 Å². The lowest BCUT2D eigenvalue weighted by molar-refractivity contribution is -0.144. The van der Waals surface area contributed by atoms with Crippen LogP contribution in [0.4, 0.5) is 0 Å². The van der Waals surface area contributed by atoms with Gasteiger partial charge in [0.25, 0.3) is 0 Å². The van der Waals surface area contributed by atoms with Crippen molar-refractivity contribution in [2.45, 2.75) is 23.3 Å². The van der Waals surface area contributed by atoms with E-state index in [1.165, 1.54) is 0 Å². The molecule has 1 aliphatic carbocycles. The van der Waals surface area contributed by atoms with Crippen LogP contribution in [0.2, 0.25) is 0 Å². The van der Waals surface area contributed by atoms with Crippen LogP contribution >= 0.6 is 27.7 Å². The molecule has 0 amide bonds. The van der Waals surface area contributed by atoms with Crippen molar-refractivity contribution in [1.82, 2.24) is 5.32 Å². The molecule has 0 bridgehead atoms. The number of nitrogens with one attached hydrogen (secondary N) is 1. The van der Waals surface area contributed by atoms with E-state index in [1.54, 1.807) is 18.8 Å². The molecule has 0 aromatic heterocycles. The Balaban J connectivity index is 2.06. The Hall–Kier alpha value is -0.520. The highest BCUT2D eigenvalue weighted by Gasteiger charge is 2.50. The highest BCUT2D eigenvalue weighted by atomic mass is 79.9. The second-order valence-electron chi connectivity index (χ2n) is 4.54. The molecule has 1 unspecified atom stereocenters. The van der Waals surface area contributed by atoms with Gasteiger partial charge in [0.1, 0.15) is 5.54 Å². The maximum Gasteiger partial charge on any atom is 0.325 e. The number of benzene rings is 1. The van der Waals surface area contributed by atoms with Crippen LogP contribution in [0.1, 0.15) is 12.8 Å². The lowest BCUT2D eigenvalue weighted by Gasteiger charge is -2.28. The predicted octanol–water partition coefficient (Wildman–Crippen LogP) is 2.99. The highest BCUT2D eigenvalue weighted by molar-refractivity contribution is 9.10. The summed E-state index contributed by atoms with van der Waals surface area (Å²) < 4.78 is 1.03. The van der Waals surface area contributed by atoms with Crippen molar-refractivity contribution < 1.29 is 9.90 Å². The molecule has 1 aliphatic rings. The molecule has 5 heteroatoms. The molecular weight excluding hydrogens is 314 g/mol. The number of aliphatic carboxylic acids is 1. The SMILES string of the molecule is CNC(CSc1ccc(Br)cc1)(C(=O)O)C1CC1. The van der Waals surface area contributed by atoms with Gasteiger partial charge in [-0.05, 0) is 50.1 Å². The zero-order chi connectivity index (χ0) is 13.2. The zero-order valence-electron chi connectivity index (χ0n) is 10.1. The van der Waals surface area contributed by atoms with Gasteiger partial charge in [0, 0.05) is 15.1 Å². The van der Waals surface area contributed by atoms with E-state index >= 15 is 0 Å². The number of thioether (sulfide) groups is 1. The van der Waals surface area contributed by atoms with E-state index in [1.807, 2.05) is 24.3 Å². The number of carbonyl (C=O) groups is 1. The Labute approximate surface area is 119 Å². The van der Waals surface area contributed by atoms with E-state index < -0.39 is 11.5 Å². The molecule has 3 nitrogen and oxygen atoms in total. The fraction of sp³-hybridized carbons (Fsp3) is 0.462. The van der Waals surface area contributed by atoms with Crippen LogP contribution in [0.15, 0.2) is 33.6 Å². The smallest absolute Gasteiger partial charge is 0.325 e. The van der Waals surface area contributed by atoms with Crippen molar-refractivity contribution in [2.75, 3.05) is 12.8 Å². The molecule has 0 saturated heterocycles. The minimum absolute atomic E-state index is 0.267. The van der Waals surface area contributed by atoms with Crippen LogP contribution in [0.3, 0.4) is 0 Å². The minimum atomic E-state index is -0.780. The number of carboxylic acids is 1. The Morgan fingerprint density at radius 3 is 2.56 bits per heavy atom. The number of likely N-dealkylation sites (N-methyl/N-ethyl adjacent to an activating group) is 1. The molecular formula is C13H16BrNO2S. The lowest BCUT2D eigenvalue weighted by Crippen LogP contribution is -2.54. The molecule has 1 aromatic rings. The summed E-state index contributed by atoms with van der Waals surface area (Å²) >= 11 is 4.98. The average molecular weight is 330 g/mol. The zero-order valence-corrected chi connectivity index (χ0v) is 12.6. The van der Waals surface area contributed by atoms with Crippen LogP contribution in [-0.2, 0) is 4.79 Å². The Bertz CT molecular complexity index is 433. The van der Waals surface area contributed by atoms with Crippen molar-refractivity contribution in [2.24, 2.45) is 5.92 Å². The molecule has 0 radical (unpaired) electrons. The standard InChI is InChI=1S/C13H16BrNO2S/c1-15-13(12(16)17,9-2-3-9)8-18-11-6-4-10(14)5-7-11/h4-7,9,15H,2-3,8H2,1H3,(H,16,17). The lowest BCUT2D eigenvalue weighted by atomic mass is 9.96. The minimum Gasteiger partial charge on any atom is -0.480 e. The third-order valence-electron chi connectivity index (χ3n) is 3.38. The van der Waals surface area contributed by atoms with Crippen molar-refractivity contribution in [1.29, 1.82) is 0 Å². The molecule has 18 heavy (non-hydrogen) atoms. The molecule has 0 spiro atoms. The number of hydrogen-bond donors (Lipinski definition) is 2. The summed E-state index contributed by atoms with van der Waals surface area (Å²) in [7, 11) is 1.74. The van der Waals surface area contributed by atoms with Gasteiger partial charge in [-0.1, -0.05) is 15.9 Å². The highest BCUT2D eigenvalue weighted by Crippen LogP contribution is 2.42. The Morgan fingerprint density at radius 2 is 2.11 bits per heavy atom. The van der Waals surface area contributed by atoms with Gasteiger partial charge in [-0.2, -0.15) is 0 Å². The summed E-state index contributed by atoms with van der Waals surface area (Å²) in [5.41, 5.74) is -0.780. The van der Waals surface area contributed by atoms with E-state index in [-0.39, 0.29) is 5.92 Å². The van der Waals surface area contributed by atoms with Gasteiger partial charge >= 0.3 is 5.97 Å². The van der Waals surface area contributed by atoms with Crippen LogP contribution in [0, 0.1) is 5.92 Å². The van der Waals surface area contributed by atoms with Crippen LogP contribution < -0.4 is 5.32 Å². The first kappa shape index (κ1) is 13.9. The molecule has 1 aromatic carbocycles. The molecule has 98 valence electrons. The molecule has 1 atom stereocenters. The van der Waals surface area contributed by atoms with Gasteiger partial charge < -0.3 is 10.4 Å². The number of halogens is 1. The fourth-order valence-corrected chi connectivity index (χ4v) is 3.53. The largest absolute Gasteiger partial charge is 0.480 e. The van der Waals surface area contributed by atoms with Crippen LogP contribution in [-0.4, -0.2) is 29.4 Å². The molecule has 2 N–H and O–H groups in total. The van der Waals surface area contributed by atoms with Gasteiger partial charge in [0.05, 0.1) is 0 Å². The molecule has 1 saturated carbocycles. The van der Waals surface area contributed by atoms with Crippen molar-refractivity contribution in [3.05, 3.63) is 28.7 Å². The van der Waals surface area contributed by atoms with E-state index in [0.717, 1.165) is 22.2 Å². The maximum absolute atomic E-state index is 11.5. The predicted molar refractivity (Wildman–Crippen MR) is 77.0 cm³/mol. The summed E-state index contributed by atoms with van der Waals surface area (Å²) in [4.78, 5) is 12.6.